The van der Waals surface area contributed by atoms with E-state index in [2.05, 4.69) is 31.4 Å². The second-order valence-corrected chi connectivity index (χ2v) is 5.38. The number of rotatable bonds is 2. The van der Waals surface area contributed by atoms with Crippen molar-refractivity contribution in [2.24, 2.45) is 0 Å². The topological polar surface area (TPSA) is 51.0 Å². The van der Waals surface area contributed by atoms with Crippen molar-refractivity contribution in [2.45, 2.75) is 25.3 Å². The van der Waals surface area contributed by atoms with E-state index >= 15 is 0 Å². The lowest BCUT2D eigenvalue weighted by Crippen LogP contribution is -2.26. The first kappa shape index (κ1) is 11.9. The summed E-state index contributed by atoms with van der Waals surface area (Å²) in [7, 11) is 0. The Bertz CT molecular complexity index is 535. The summed E-state index contributed by atoms with van der Waals surface area (Å²) in [6.45, 7) is 1.03. The van der Waals surface area contributed by atoms with Crippen LogP contribution in [0.15, 0.2) is 33.3 Å². The maximum Gasteiger partial charge on any atom is 0.244 e. The minimum atomic E-state index is 0.215. The maximum atomic E-state index is 5.36. The molecule has 0 amide bonds. The molecular weight excluding hydrogens is 294 g/mol. The third-order valence-electron chi connectivity index (χ3n) is 3.13. The zero-order chi connectivity index (χ0) is 12.4. The summed E-state index contributed by atoms with van der Waals surface area (Å²) >= 11 is 3.44. The van der Waals surface area contributed by atoms with E-state index in [1.54, 1.807) is 0 Å². The molecular formula is C13H14BrN3O. The fraction of sp³-hybridized carbons (Fsp3) is 0.385. The van der Waals surface area contributed by atoms with Gasteiger partial charge in [0.2, 0.25) is 11.7 Å². The third kappa shape index (κ3) is 2.47. The highest BCUT2D eigenvalue weighted by molar-refractivity contribution is 9.10. The van der Waals surface area contributed by atoms with Crippen molar-refractivity contribution in [2.75, 3.05) is 6.54 Å². The van der Waals surface area contributed by atoms with Gasteiger partial charge in [-0.05, 0) is 31.5 Å². The van der Waals surface area contributed by atoms with Crippen LogP contribution in [-0.4, -0.2) is 16.7 Å². The number of aromatic nitrogens is 2. The SMILES string of the molecule is Brc1cccc(-c2noc([C@@H]3CCCCN3)n2)c1. The largest absolute Gasteiger partial charge is 0.337 e. The van der Waals surface area contributed by atoms with Crippen molar-refractivity contribution in [1.82, 2.24) is 15.5 Å². The number of nitrogens with one attached hydrogen (secondary N) is 1. The highest BCUT2D eigenvalue weighted by atomic mass is 79.9. The number of hydrogen-bond acceptors (Lipinski definition) is 4. The van der Waals surface area contributed by atoms with Gasteiger partial charge < -0.3 is 9.84 Å². The lowest BCUT2D eigenvalue weighted by Gasteiger charge is -2.19. The predicted octanol–water partition coefficient (Wildman–Crippen LogP) is 3.31. The van der Waals surface area contributed by atoms with Crippen LogP contribution in [0, 0.1) is 0 Å². The molecule has 3 rings (SSSR count). The van der Waals surface area contributed by atoms with E-state index in [0.717, 1.165) is 23.0 Å². The number of nitrogens with zero attached hydrogens (tertiary/aromatic N) is 2. The molecule has 1 atom stereocenters. The van der Waals surface area contributed by atoms with Crippen LogP contribution in [0.1, 0.15) is 31.2 Å². The number of piperidine rings is 1. The zero-order valence-corrected chi connectivity index (χ0v) is 11.5. The van der Waals surface area contributed by atoms with E-state index in [9.17, 15) is 0 Å². The highest BCUT2D eigenvalue weighted by Crippen LogP contribution is 2.25. The van der Waals surface area contributed by atoms with Crippen LogP contribution in [0.3, 0.4) is 0 Å². The summed E-state index contributed by atoms with van der Waals surface area (Å²) < 4.78 is 6.38. The molecule has 1 aromatic heterocycles. The molecule has 94 valence electrons. The average molecular weight is 308 g/mol. The molecule has 1 aliphatic heterocycles. The van der Waals surface area contributed by atoms with Crippen LogP contribution in [0.5, 0.6) is 0 Å². The van der Waals surface area contributed by atoms with Gasteiger partial charge in [-0.1, -0.05) is 39.6 Å². The Labute approximate surface area is 114 Å². The van der Waals surface area contributed by atoms with Crippen molar-refractivity contribution < 1.29 is 4.52 Å². The molecule has 2 aromatic rings. The molecule has 0 spiro atoms. The van der Waals surface area contributed by atoms with Crippen LogP contribution in [0.2, 0.25) is 0 Å². The molecule has 0 bridgehead atoms. The van der Waals surface area contributed by atoms with Crippen molar-refractivity contribution in [3.8, 4) is 11.4 Å². The molecule has 0 unspecified atom stereocenters. The fourth-order valence-electron chi connectivity index (χ4n) is 2.18. The van der Waals surface area contributed by atoms with Gasteiger partial charge in [-0.25, -0.2) is 0 Å². The fourth-order valence-corrected chi connectivity index (χ4v) is 2.58. The summed E-state index contributed by atoms with van der Waals surface area (Å²) in [6.07, 6.45) is 3.51. The molecule has 5 heteroatoms. The summed E-state index contributed by atoms with van der Waals surface area (Å²) in [5.74, 6) is 1.35. The van der Waals surface area contributed by atoms with E-state index in [1.165, 1.54) is 12.8 Å². The van der Waals surface area contributed by atoms with Gasteiger partial charge >= 0.3 is 0 Å². The Hall–Kier alpha value is -1.20. The monoisotopic (exact) mass is 307 g/mol. The lowest BCUT2D eigenvalue weighted by atomic mass is 10.1. The van der Waals surface area contributed by atoms with Gasteiger partial charge in [0.1, 0.15) is 0 Å². The Morgan fingerprint density at radius 1 is 1.33 bits per heavy atom. The summed E-state index contributed by atoms with van der Waals surface area (Å²) in [5.41, 5.74) is 0.968. The molecule has 18 heavy (non-hydrogen) atoms. The average Bonchev–Trinajstić information content (AvgIpc) is 2.89. The van der Waals surface area contributed by atoms with Gasteiger partial charge in [0.15, 0.2) is 0 Å². The van der Waals surface area contributed by atoms with Crippen molar-refractivity contribution in [1.29, 1.82) is 0 Å². The molecule has 0 aliphatic carbocycles. The third-order valence-corrected chi connectivity index (χ3v) is 3.63. The van der Waals surface area contributed by atoms with Gasteiger partial charge in [0, 0.05) is 10.0 Å². The van der Waals surface area contributed by atoms with Gasteiger partial charge in [-0.3, -0.25) is 0 Å². The first-order valence-electron chi connectivity index (χ1n) is 6.16. The van der Waals surface area contributed by atoms with Gasteiger partial charge in [-0.15, -0.1) is 0 Å². The molecule has 0 radical (unpaired) electrons. The molecule has 4 nitrogen and oxygen atoms in total. The predicted molar refractivity (Wildman–Crippen MR) is 72.0 cm³/mol. The lowest BCUT2D eigenvalue weighted by molar-refractivity contribution is 0.297. The number of benzene rings is 1. The number of halogens is 1. The number of hydrogen-bond donors (Lipinski definition) is 1. The second kappa shape index (κ2) is 5.20. The van der Waals surface area contributed by atoms with Crippen LogP contribution in [0.25, 0.3) is 11.4 Å². The quantitative estimate of drug-likeness (QED) is 0.924. The van der Waals surface area contributed by atoms with E-state index in [-0.39, 0.29) is 6.04 Å². The summed E-state index contributed by atoms with van der Waals surface area (Å²) in [4.78, 5) is 4.48. The van der Waals surface area contributed by atoms with E-state index < -0.39 is 0 Å². The summed E-state index contributed by atoms with van der Waals surface area (Å²) in [5, 5.41) is 7.46. The van der Waals surface area contributed by atoms with Crippen LogP contribution < -0.4 is 5.32 Å². The minimum Gasteiger partial charge on any atom is -0.337 e. The van der Waals surface area contributed by atoms with Crippen molar-refractivity contribution in [3.05, 3.63) is 34.6 Å². The van der Waals surface area contributed by atoms with Crippen LogP contribution >= 0.6 is 15.9 Å². The van der Waals surface area contributed by atoms with E-state index in [4.69, 9.17) is 4.52 Å². The molecule has 1 fully saturated rings. The second-order valence-electron chi connectivity index (χ2n) is 4.47. The van der Waals surface area contributed by atoms with Crippen molar-refractivity contribution >= 4 is 15.9 Å². The van der Waals surface area contributed by atoms with Crippen LogP contribution in [-0.2, 0) is 0 Å². The first-order valence-corrected chi connectivity index (χ1v) is 6.95. The van der Waals surface area contributed by atoms with Gasteiger partial charge in [-0.2, -0.15) is 4.98 Å². The Morgan fingerprint density at radius 3 is 3.06 bits per heavy atom. The molecule has 2 heterocycles. The molecule has 1 aliphatic rings. The zero-order valence-electron chi connectivity index (χ0n) is 9.90. The molecule has 0 saturated carbocycles. The molecule has 1 aromatic carbocycles. The summed E-state index contributed by atoms with van der Waals surface area (Å²) in [6, 6.07) is 8.13. The Morgan fingerprint density at radius 2 is 2.28 bits per heavy atom. The minimum absolute atomic E-state index is 0.215. The van der Waals surface area contributed by atoms with Crippen molar-refractivity contribution in [3.63, 3.8) is 0 Å². The Balaban J connectivity index is 1.84. The normalized spacial score (nSPS) is 19.9. The standard InChI is InChI=1S/C13H14BrN3O/c14-10-5-3-4-9(8-10)12-16-13(18-17-12)11-6-1-2-7-15-11/h3-5,8,11,15H,1-2,6-7H2/t11-/m0/s1. The van der Waals surface area contributed by atoms with E-state index in [1.807, 2.05) is 24.3 Å². The Kier molecular flexibility index (Phi) is 3.43. The van der Waals surface area contributed by atoms with Gasteiger partial charge in [0.05, 0.1) is 6.04 Å². The maximum absolute atomic E-state index is 5.36. The smallest absolute Gasteiger partial charge is 0.244 e. The highest BCUT2D eigenvalue weighted by Gasteiger charge is 2.21. The molecule has 1 N–H and O–H groups in total. The van der Waals surface area contributed by atoms with Crippen LogP contribution in [0.4, 0.5) is 0 Å². The molecule has 1 saturated heterocycles. The van der Waals surface area contributed by atoms with E-state index in [0.29, 0.717) is 11.7 Å². The van der Waals surface area contributed by atoms with Gasteiger partial charge in [0.25, 0.3) is 0 Å². The first-order chi connectivity index (χ1) is 8.83.